The van der Waals surface area contributed by atoms with Crippen molar-refractivity contribution in [1.29, 1.82) is 0 Å². The van der Waals surface area contributed by atoms with Gasteiger partial charge in [-0.15, -0.1) is 10.2 Å². The number of sulfonamides is 1. The van der Waals surface area contributed by atoms with E-state index < -0.39 is 15.8 Å². The molecule has 1 fully saturated rings. The number of benzene rings is 2. The van der Waals surface area contributed by atoms with Crippen LogP contribution < -0.4 is 0 Å². The molecule has 1 saturated heterocycles. The lowest BCUT2D eigenvalue weighted by molar-refractivity contribution is 0.147. The summed E-state index contributed by atoms with van der Waals surface area (Å²) in [4.78, 5) is -0.0326. The van der Waals surface area contributed by atoms with Gasteiger partial charge in [-0.25, -0.2) is 12.8 Å². The van der Waals surface area contributed by atoms with Gasteiger partial charge >= 0.3 is 0 Å². The van der Waals surface area contributed by atoms with E-state index in [1.165, 1.54) is 16.4 Å². The first-order valence-electron chi connectivity index (χ1n) is 9.54. The van der Waals surface area contributed by atoms with Crippen LogP contribution >= 0.6 is 0 Å². The fourth-order valence-corrected chi connectivity index (χ4v) is 5.52. The van der Waals surface area contributed by atoms with Crippen molar-refractivity contribution in [2.45, 2.75) is 17.7 Å². The Morgan fingerprint density at radius 2 is 1.93 bits per heavy atom. The molecule has 9 heteroatoms. The van der Waals surface area contributed by atoms with Gasteiger partial charge in [-0.05, 0) is 36.8 Å². The van der Waals surface area contributed by atoms with E-state index in [9.17, 15) is 12.8 Å². The first-order chi connectivity index (χ1) is 14.4. The molecule has 1 aliphatic rings. The number of hydrogen-bond donors (Lipinski definition) is 0. The maximum absolute atomic E-state index is 13.7. The number of hydrogen-bond acceptors (Lipinski definition) is 6. The maximum atomic E-state index is 13.7. The Morgan fingerprint density at radius 1 is 1.17 bits per heavy atom. The first-order valence-corrected chi connectivity index (χ1v) is 11.0. The Balaban J connectivity index is 1.64. The van der Waals surface area contributed by atoms with Crippen LogP contribution in [0, 0.1) is 18.7 Å². The van der Waals surface area contributed by atoms with Gasteiger partial charge in [-0.1, -0.05) is 24.3 Å². The molecule has 30 heavy (non-hydrogen) atoms. The normalized spacial score (nSPS) is 20.0. The zero-order valence-electron chi connectivity index (χ0n) is 16.7. The summed E-state index contributed by atoms with van der Waals surface area (Å²) in [5, 5.41) is 8.30. The number of nitrogens with zero attached hydrogens (tertiary/aromatic N) is 3. The molecule has 0 amide bonds. The highest BCUT2D eigenvalue weighted by atomic mass is 32.2. The van der Waals surface area contributed by atoms with Gasteiger partial charge in [0.25, 0.3) is 0 Å². The molecule has 1 aromatic heterocycles. The van der Waals surface area contributed by atoms with E-state index >= 15 is 0 Å². The van der Waals surface area contributed by atoms with E-state index in [-0.39, 0.29) is 29.8 Å². The van der Waals surface area contributed by atoms with Crippen molar-refractivity contribution in [1.82, 2.24) is 14.5 Å². The number of methoxy groups -OCH3 is 1. The van der Waals surface area contributed by atoms with Gasteiger partial charge in [0.15, 0.2) is 0 Å². The highest BCUT2D eigenvalue weighted by molar-refractivity contribution is 7.89. The zero-order valence-corrected chi connectivity index (χ0v) is 17.5. The largest absolute Gasteiger partial charge is 0.420 e. The molecule has 2 heterocycles. The van der Waals surface area contributed by atoms with Crippen LogP contribution in [0.4, 0.5) is 4.39 Å². The van der Waals surface area contributed by atoms with Gasteiger partial charge < -0.3 is 9.15 Å². The van der Waals surface area contributed by atoms with Gasteiger partial charge in [-0.2, -0.15) is 4.31 Å². The van der Waals surface area contributed by atoms with E-state index in [0.717, 1.165) is 11.6 Å². The van der Waals surface area contributed by atoms with E-state index in [1.54, 1.807) is 14.0 Å². The molecule has 2 unspecified atom stereocenters. The van der Waals surface area contributed by atoms with Crippen LogP contribution in [0.3, 0.4) is 0 Å². The Kier molecular flexibility index (Phi) is 5.68. The molecule has 0 bridgehead atoms. The minimum atomic E-state index is -3.88. The predicted octanol–water partition coefficient (Wildman–Crippen LogP) is 3.23. The molecule has 2 aromatic carbocycles. The molecule has 0 spiro atoms. The SMILES string of the molecule is COCC1CN(S(=O)(=O)c2cc(F)ccc2C)CC1c1nnc(-c2ccccc2)o1. The average molecular weight is 431 g/mol. The zero-order chi connectivity index (χ0) is 21.3. The van der Waals surface area contributed by atoms with E-state index in [1.807, 2.05) is 30.3 Å². The third kappa shape index (κ3) is 3.88. The molecule has 0 saturated carbocycles. The molecule has 7 nitrogen and oxygen atoms in total. The predicted molar refractivity (Wildman–Crippen MR) is 108 cm³/mol. The van der Waals surface area contributed by atoms with Crippen LogP contribution in [-0.2, 0) is 14.8 Å². The molecular formula is C21H22FN3O4S. The van der Waals surface area contributed by atoms with Crippen LogP contribution in [0.5, 0.6) is 0 Å². The third-order valence-corrected chi connectivity index (χ3v) is 7.31. The molecule has 0 radical (unpaired) electrons. The second-order valence-corrected chi connectivity index (χ2v) is 9.27. The highest BCUT2D eigenvalue weighted by Gasteiger charge is 2.43. The van der Waals surface area contributed by atoms with Crippen LogP contribution in [0.1, 0.15) is 17.4 Å². The molecule has 0 N–H and O–H groups in total. The quantitative estimate of drug-likeness (QED) is 0.596. The van der Waals surface area contributed by atoms with E-state index in [0.29, 0.717) is 24.0 Å². The topological polar surface area (TPSA) is 85.5 Å². The summed E-state index contributed by atoms with van der Waals surface area (Å²) >= 11 is 0. The third-order valence-electron chi connectivity index (χ3n) is 5.33. The van der Waals surface area contributed by atoms with Crippen molar-refractivity contribution < 1.29 is 22.0 Å². The minimum Gasteiger partial charge on any atom is -0.420 e. The molecule has 2 atom stereocenters. The summed E-state index contributed by atoms with van der Waals surface area (Å²) < 4.78 is 52.7. The first kappa shape index (κ1) is 20.6. The number of rotatable bonds is 6. The Hall–Kier alpha value is -2.62. The standard InChI is InChI=1S/C21H22FN3O4S/c1-14-8-9-17(22)10-19(14)30(26,27)25-11-16(13-28-2)18(12-25)21-24-23-20(29-21)15-6-4-3-5-7-15/h3-10,16,18H,11-13H2,1-2H3. The number of aromatic nitrogens is 2. The van der Waals surface area contributed by atoms with Crippen LogP contribution in [-0.4, -0.2) is 49.7 Å². The fourth-order valence-electron chi connectivity index (χ4n) is 3.76. The fraction of sp³-hybridized carbons (Fsp3) is 0.333. The number of halogens is 1. The van der Waals surface area contributed by atoms with Crippen LogP contribution in [0.25, 0.3) is 11.5 Å². The van der Waals surface area contributed by atoms with Crippen molar-refractivity contribution >= 4 is 10.0 Å². The van der Waals surface area contributed by atoms with Gasteiger partial charge in [-0.3, -0.25) is 0 Å². The van der Waals surface area contributed by atoms with Gasteiger partial charge in [0.1, 0.15) is 5.82 Å². The monoisotopic (exact) mass is 431 g/mol. The van der Waals surface area contributed by atoms with Gasteiger partial charge in [0.2, 0.25) is 21.8 Å². The van der Waals surface area contributed by atoms with E-state index in [2.05, 4.69) is 10.2 Å². The summed E-state index contributed by atoms with van der Waals surface area (Å²) in [5.41, 5.74) is 1.28. The summed E-state index contributed by atoms with van der Waals surface area (Å²) in [7, 11) is -2.32. The van der Waals surface area contributed by atoms with Crippen molar-refractivity contribution in [2.24, 2.45) is 5.92 Å². The summed E-state index contributed by atoms with van der Waals surface area (Å²) in [5.74, 6) is -0.331. The molecule has 0 aliphatic carbocycles. The average Bonchev–Trinajstić information content (AvgIpc) is 3.38. The van der Waals surface area contributed by atoms with Crippen LogP contribution in [0.2, 0.25) is 0 Å². The Bertz CT molecular complexity index is 1130. The summed E-state index contributed by atoms with van der Waals surface area (Å²) in [6.45, 7) is 2.36. The molecule has 1 aliphatic heterocycles. The van der Waals surface area contributed by atoms with Gasteiger partial charge in [0.05, 0.1) is 17.4 Å². The molecular weight excluding hydrogens is 409 g/mol. The molecule has 4 rings (SSSR count). The smallest absolute Gasteiger partial charge is 0.247 e. The Labute approximate surface area is 174 Å². The maximum Gasteiger partial charge on any atom is 0.247 e. The number of aryl methyl sites for hydroxylation is 1. The lowest BCUT2D eigenvalue weighted by atomic mass is 9.97. The van der Waals surface area contributed by atoms with Crippen molar-refractivity contribution in [3.63, 3.8) is 0 Å². The van der Waals surface area contributed by atoms with Crippen molar-refractivity contribution in [3.05, 3.63) is 65.8 Å². The van der Waals surface area contributed by atoms with Crippen molar-refractivity contribution in [2.75, 3.05) is 26.8 Å². The van der Waals surface area contributed by atoms with Crippen molar-refractivity contribution in [3.8, 4) is 11.5 Å². The molecule has 3 aromatic rings. The highest BCUT2D eigenvalue weighted by Crippen LogP contribution is 2.36. The Morgan fingerprint density at radius 3 is 2.67 bits per heavy atom. The lowest BCUT2D eigenvalue weighted by Crippen LogP contribution is -2.30. The summed E-state index contributed by atoms with van der Waals surface area (Å²) in [6, 6.07) is 13.1. The van der Waals surface area contributed by atoms with E-state index in [4.69, 9.17) is 9.15 Å². The summed E-state index contributed by atoms with van der Waals surface area (Å²) in [6.07, 6.45) is 0. The number of ether oxygens (including phenoxy) is 1. The second kappa shape index (κ2) is 8.25. The lowest BCUT2D eigenvalue weighted by Gasteiger charge is -2.18. The molecule has 158 valence electrons. The van der Waals surface area contributed by atoms with Crippen LogP contribution in [0.15, 0.2) is 57.8 Å². The second-order valence-electron chi connectivity index (χ2n) is 7.37. The minimum absolute atomic E-state index is 0.0326. The van der Waals surface area contributed by atoms with Gasteiger partial charge in [0, 0.05) is 31.7 Å².